The molecule has 1 N–H and O–H groups in total. The van der Waals surface area contributed by atoms with Crippen LogP contribution < -0.4 is 0 Å². The molecule has 4 heteroatoms. The average molecular weight is 298 g/mol. The number of halogens is 2. The first kappa shape index (κ1) is 14.4. The summed E-state index contributed by atoms with van der Waals surface area (Å²) in [5.74, 6) is 0.0340. The van der Waals surface area contributed by atoms with Gasteiger partial charge in [-0.2, -0.15) is 0 Å². The predicted molar refractivity (Wildman–Crippen MR) is 81.8 cm³/mol. The van der Waals surface area contributed by atoms with Gasteiger partial charge in [0.05, 0.1) is 5.02 Å². The Kier molecular flexibility index (Phi) is 5.29. The summed E-state index contributed by atoms with van der Waals surface area (Å²) in [4.78, 5) is 4.34. The second-order valence-electron chi connectivity index (χ2n) is 4.72. The highest BCUT2D eigenvalue weighted by Gasteiger charge is 2.06. The van der Waals surface area contributed by atoms with Crippen LogP contribution >= 0.6 is 23.2 Å². The lowest BCUT2D eigenvalue weighted by molar-refractivity contribution is 0.474. The van der Waals surface area contributed by atoms with Crippen molar-refractivity contribution >= 4 is 29.4 Å². The van der Waals surface area contributed by atoms with Crippen LogP contribution in [0.15, 0.2) is 28.8 Å². The van der Waals surface area contributed by atoms with Gasteiger partial charge >= 0.3 is 0 Å². The molecule has 1 aromatic rings. The molecule has 0 heterocycles. The summed E-state index contributed by atoms with van der Waals surface area (Å²) in [6.07, 6.45) is 9.95. The van der Waals surface area contributed by atoms with E-state index in [2.05, 4.69) is 11.1 Å². The van der Waals surface area contributed by atoms with Crippen LogP contribution in [-0.4, -0.2) is 17.9 Å². The molecule has 19 heavy (non-hydrogen) atoms. The summed E-state index contributed by atoms with van der Waals surface area (Å²) in [6, 6.07) is 3.18. The van der Waals surface area contributed by atoms with Gasteiger partial charge < -0.3 is 5.11 Å². The molecule has 0 spiro atoms. The Balaban J connectivity index is 1.93. The maximum Gasteiger partial charge on any atom is 0.143 e. The minimum absolute atomic E-state index is 0.0340. The molecule has 1 aliphatic carbocycles. The number of aromatic hydroxyl groups is 1. The Labute approximate surface area is 123 Å². The molecule has 0 bridgehead atoms. The number of phenols is 1. The van der Waals surface area contributed by atoms with Gasteiger partial charge in [0.25, 0.3) is 0 Å². The average Bonchev–Trinajstić information content (AvgIpc) is 2.41. The molecule has 0 saturated heterocycles. The molecular formula is C15H17Cl2NO. The Morgan fingerprint density at radius 3 is 2.84 bits per heavy atom. The van der Waals surface area contributed by atoms with Crippen molar-refractivity contribution in [3.05, 3.63) is 39.4 Å². The summed E-state index contributed by atoms with van der Waals surface area (Å²) in [5, 5.41) is 10.5. The Bertz CT molecular complexity index is 509. The van der Waals surface area contributed by atoms with E-state index in [0.717, 1.165) is 13.0 Å². The molecule has 2 rings (SSSR count). The molecule has 0 aliphatic heterocycles. The third kappa shape index (κ3) is 4.26. The summed E-state index contributed by atoms with van der Waals surface area (Å²) < 4.78 is 0. The first-order valence-corrected chi connectivity index (χ1v) is 7.28. The van der Waals surface area contributed by atoms with E-state index < -0.39 is 0 Å². The smallest absolute Gasteiger partial charge is 0.143 e. The SMILES string of the molecule is Oc1c(Cl)cc(Cl)cc1C=NCCC1=CCCCC1. The number of phenolic OH excluding ortho intramolecular Hbond substituents is 1. The lowest BCUT2D eigenvalue weighted by Crippen LogP contribution is -1.94. The largest absolute Gasteiger partial charge is 0.506 e. The predicted octanol–water partition coefficient (Wildman–Crippen LogP) is 5.01. The van der Waals surface area contributed by atoms with Crippen LogP contribution in [0, 0.1) is 0 Å². The van der Waals surface area contributed by atoms with Crippen LogP contribution in [0.3, 0.4) is 0 Å². The van der Waals surface area contributed by atoms with E-state index in [1.807, 2.05) is 0 Å². The molecule has 0 saturated carbocycles. The molecule has 0 atom stereocenters. The number of rotatable bonds is 4. The molecule has 0 unspecified atom stereocenters. The molecule has 0 aromatic heterocycles. The van der Waals surface area contributed by atoms with Crippen molar-refractivity contribution in [2.75, 3.05) is 6.54 Å². The zero-order valence-electron chi connectivity index (χ0n) is 10.7. The van der Waals surface area contributed by atoms with Crippen molar-refractivity contribution < 1.29 is 5.11 Å². The van der Waals surface area contributed by atoms with Crippen molar-refractivity contribution in [3.8, 4) is 5.75 Å². The number of nitrogens with zero attached hydrogens (tertiary/aromatic N) is 1. The number of benzene rings is 1. The molecule has 102 valence electrons. The Morgan fingerprint density at radius 1 is 1.26 bits per heavy atom. The van der Waals surface area contributed by atoms with E-state index in [1.54, 1.807) is 12.3 Å². The van der Waals surface area contributed by atoms with Crippen molar-refractivity contribution in [2.24, 2.45) is 4.99 Å². The maximum atomic E-state index is 9.78. The van der Waals surface area contributed by atoms with Gasteiger partial charge in [-0.1, -0.05) is 34.9 Å². The number of hydrogen-bond acceptors (Lipinski definition) is 2. The van der Waals surface area contributed by atoms with E-state index in [-0.39, 0.29) is 10.8 Å². The fourth-order valence-electron chi connectivity index (χ4n) is 2.19. The third-order valence-corrected chi connectivity index (χ3v) is 3.74. The van der Waals surface area contributed by atoms with Gasteiger partial charge in [-0.25, -0.2) is 0 Å². The standard InChI is InChI=1S/C15H17Cl2NO/c16-13-8-12(15(19)14(17)9-13)10-18-7-6-11-4-2-1-3-5-11/h4,8-10,19H,1-3,5-7H2. The number of hydrogen-bond donors (Lipinski definition) is 1. The monoisotopic (exact) mass is 297 g/mol. The van der Waals surface area contributed by atoms with Gasteiger partial charge in [0, 0.05) is 23.3 Å². The van der Waals surface area contributed by atoms with Crippen molar-refractivity contribution in [1.82, 2.24) is 0 Å². The van der Waals surface area contributed by atoms with Crippen molar-refractivity contribution in [1.29, 1.82) is 0 Å². The summed E-state index contributed by atoms with van der Waals surface area (Å²) in [5.41, 5.74) is 2.06. The zero-order valence-corrected chi connectivity index (χ0v) is 12.2. The van der Waals surface area contributed by atoms with Crippen LogP contribution in [0.2, 0.25) is 10.0 Å². The van der Waals surface area contributed by atoms with Gasteiger partial charge in [-0.15, -0.1) is 0 Å². The minimum Gasteiger partial charge on any atom is -0.506 e. The summed E-state index contributed by atoms with van der Waals surface area (Å²) in [6.45, 7) is 0.732. The van der Waals surface area contributed by atoms with Gasteiger partial charge in [0.2, 0.25) is 0 Å². The molecule has 1 aromatic carbocycles. The van der Waals surface area contributed by atoms with Crippen molar-refractivity contribution in [3.63, 3.8) is 0 Å². The highest BCUT2D eigenvalue weighted by molar-refractivity contribution is 6.36. The first-order valence-electron chi connectivity index (χ1n) is 6.52. The maximum absolute atomic E-state index is 9.78. The molecular weight excluding hydrogens is 281 g/mol. The van der Waals surface area contributed by atoms with E-state index in [4.69, 9.17) is 23.2 Å². The summed E-state index contributed by atoms with van der Waals surface area (Å²) in [7, 11) is 0. The van der Waals surface area contributed by atoms with E-state index in [9.17, 15) is 5.11 Å². The molecule has 0 radical (unpaired) electrons. The topological polar surface area (TPSA) is 32.6 Å². The zero-order chi connectivity index (χ0) is 13.7. The lowest BCUT2D eigenvalue weighted by Gasteiger charge is -2.10. The number of allylic oxidation sites excluding steroid dienone is 1. The summed E-state index contributed by atoms with van der Waals surface area (Å²) >= 11 is 11.7. The van der Waals surface area contributed by atoms with Crippen LogP contribution in [0.25, 0.3) is 0 Å². The molecule has 1 aliphatic rings. The quantitative estimate of drug-likeness (QED) is 0.615. The number of aliphatic imine (C=N–C) groups is 1. The van der Waals surface area contributed by atoms with E-state index in [1.165, 1.54) is 37.3 Å². The molecule has 0 fully saturated rings. The van der Waals surface area contributed by atoms with E-state index in [0.29, 0.717) is 10.6 Å². The first-order chi connectivity index (χ1) is 9.16. The minimum atomic E-state index is 0.0340. The molecule has 2 nitrogen and oxygen atoms in total. The van der Waals surface area contributed by atoms with Crippen molar-refractivity contribution in [2.45, 2.75) is 32.1 Å². The second-order valence-corrected chi connectivity index (χ2v) is 5.56. The van der Waals surface area contributed by atoms with Crippen LogP contribution in [0.4, 0.5) is 0 Å². The van der Waals surface area contributed by atoms with Gasteiger partial charge in [-0.05, 0) is 44.2 Å². The van der Waals surface area contributed by atoms with Crippen LogP contribution in [-0.2, 0) is 0 Å². The lowest BCUT2D eigenvalue weighted by atomic mass is 9.97. The Hall–Kier alpha value is -0.990. The van der Waals surface area contributed by atoms with Crippen LogP contribution in [0.1, 0.15) is 37.7 Å². The van der Waals surface area contributed by atoms with E-state index >= 15 is 0 Å². The fourth-order valence-corrected chi connectivity index (χ4v) is 2.70. The second kappa shape index (κ2) is 6.97. The Morgan fingerprint density at radius 2 is 2.11 bits per heavy atom. The normalized spacial score (nSPS) is 15.8. The van der Waals surface area contributed by atoms with Gasteiger partial charge in [0.1, 0.15) is 5.75 Å². The molecule has 0 amide bonds. The van der Waals surface area contributed by atoms with Gasteiger partial charge in [0.15, 0.2) is 0 Å². The highest BCUT2D eigenvalue weighted by Crippen LogP contribution is 2.30. The fraction of sp³-hybridized carbons (Fsp3) is 0.400. The highest BCUT2D eigenvalue weighted by atomic mass is 35.5. The van der Waals surface area contributed by atoms with Gasteiger partial charge in [-0.3, -0.25) is 4.99 Å². The third-order valence-electron chi connectivity index (χ3n) is 3.24. The van der Waals surface area contributed by atoms with Crippen LogP contribution in [0.5, 0.6) is 5.75 Å².